The Morgan fingerprint density at radius 1 is 0.759 bits per heavy atom. The number of nitrogens with one attached hydrogen (secondary N) is 2. The molecule has 2 fully saturated rings. The van der Waals surface area contributed by atoms with Crippen LogP contribution in [0.15, 0.2) is 0 Å². The summed E-state index contributed by atoms with van der Waals surface area (Å²) in [6, 6.07) is 3.85. The van der Waals surface area contributed by atoms with Crippen molar-refractivity contribution >= 4 is 11.8 Å². The maximum atomic E-state index is 12.7. The number of nitriles is 2. The van der Waals surface area contributed by atoms with Crippen molar-refractivity contribution in [1.29, 1.82) is 10.5 Å². The lowest BCUT2D eigenvalue weighted by Gasteiger charge is -2.31. The summed E-state index contributed by atoms with van der Waals surface area (Å²) in [5.41, 5.74) is 0. The smallest absolute Gasteiger partial charge is 0.250 e. The van der Waals surface area contributed by atoms with E-state index in [0.29, 0.717) is 24.7 Å². The molecular weight excluding hydrogens is 368 g/mol. The molecule has 0 unspecified atom stereocenters. The van der Waals surface area contributed by atoms with E-state index in [1.807, 2.05) is 12.1 Å². The fourth-order valence-electron chi connectivity index (χ4n) is 4.58. The lowest BCUT2D eigenvalue weighted by Crippen LogP contribution is -2.45. The Bertz CT molecular complexity index is 546. The maximum absolute atomic E-state index is 12.7. The Morgan fingerprint density at radius 2 is 1.14 bits per heavy atom. The number of carbonyl (C=O) groups is 2. The number of carbonyl (C=O) groups excluding carboxylic acids is 2. The summed E-state index contributed by atoms with van der Waals surface area (Å²) in [6.45, 7) is -0.144. The topological polar surface area (TPSA) is 115 Å². The molecule has 2 rings (SSSR count). The first kappa shape index (κ1) is 23.2. The summed E-state index contributed by atoms with van der Waals surface area (Å²) < 4.78 is 6.13. The molecule has 7 nitrogen and oxygen atoms in total. The molecule has 29 heavy (non-hydrogen) atoms. The monoisotopic (exact) mass is 402 g/mol. The Labute approximate surface area is 174 Å². The van der Waals surface area contributed by atoms with Gasteiger partial charge in [0.1, 0.15) is 25.3 Å². The van der Waals surface area contributed by atoms with Gasteiger partial charge in [-0.3, -0.25) is 9.59 Å². The minimum atomic E-state index is -0.743. The fraction of sp³-hybridized carbons (Fsp3) is 0.818. The molecule has 2 atom stereocenters. The average Bonchev–Trinajstić information content (AvgIpc) is 2.76. The van der Waals surface area contributed by atoms with E-state index in [0.717, 1.165) is 51.4 Å². The summed E-state index contributed by atoms with van der Waals surface area (Å²) >= 11 is 0. The van der Waals surface area contributed by atoms with Gasteiger partial charge in [0.15, 0.2) is 0 Å². The zero-order valence-corrected chi connectivity index (χ0v) is 17.3. The molecule has 2 N–H and O–H groups in total. The summed E-state index contributed by atoms with van der Waals surface area (Å²) in [5.74, 6) is 0.163. The Hall–Kier alpha value is -2.12. The molecule has 0 aromatic rings. The number of nitrogens with zero attached hydrogens (tertiary/aromatic N) is 2. The number of hydrogen-bond acceptors (Lipinski definition) is 5. The molecule has 0 radical (unpaired) electrons. The highest BCUT2D eigenvalue weighted by Gasteiger charge is 2.32. The summed E-state index contributed by atoms with van der Waals surface area (Å²) in [7, 11) is 0. The van der Waals surface area contributed by atoms with Gasteiger partial charge in [-0.05, 0) is 24.7 Å². The van der Waals surface area contributed by atoms with E-state index in [1.54, 1.807) is 0 Å². The predicted molar refractivity (Wildman–Crippen MR) is 108 cm³/mol. The highest BCUT2D eigenvalue weighted by Crippen LogP contribution is 2.31. The zero-order valence-electron chi connectivity index (χ0n) is 17.3. The van der Waals surface area contributed by atoms with Crippen LogP contribution in [0.25, 0.3) is 0 Å². The van der Waals surface area contributed by atoms with Crippen LogP contribution in [0.5, 0.6) is 0 Å². The number of ether oxygens (including phenoxy) is 1. The molecule has 2 aliphatic carbocycles. The molecule has 2 amide bonds. The second-order valence-corrected chi connectivity index (χ2v) is 8.34. The molecule has 0 spiro atoms. The van der Waals surface area contributed by atoms with Crippen LogP contribution in [0, 0.1) is 34.5 Å². The zero-order chi connectivity index (χ0) is 20.9. The first-order chi connectivity index (χ1) is 14.1. The van der Waals surface area contributed by atoms with Crippen molar-refractivity contribution < 1.29 is 14.3 Å². The van der Waals surface area contributed by atoms with Gasteiger partial charge in [-0.15, -0.1) is 0 Å². The molecular formula is C22H34N4O3. The molecule has 0 aliphatic heterocycles. The van der Waals surface area contributed by atoms with E-state index in [9.17, 15) is 9.59 Å². The van der Waals surface area contributed by atoms with Crippen LogP contribution < -0.4 is 10.6 Å². The largest absolute Gasteiger partial charge is 0.355 e. The first-order valence-corrected chi connectivity index (χ1v) is 11.1. The van der Waals surface area contributed by atoms with Gasteiger partial charge in [0.25, 0.3) is 0 Å². The lowest BCUT2D eigenvalue weighted by atomic mass is 9.84. The molecule has 0 saturated heterocycles. The van der Waals surface area contributed by atoms with Crippen LogP contribution >= 0.6 is 0 Å². The highest BCUT2D eigenvalue weighted by molar-refractivity contribution is 5.83. The third-order valence-corrected chi connectivity index (χ3v) is 6.14. The average molecular weight is 403 g/mol. The van der Waals surface area contributed by atoms with Crippen LogP contribution in [-0.2, 0) is 14.3 Å². The third kappa shape index (κ3) is 8.41. The molecule has 2 aliphatic rings. The third-order valence-electron chi connectivity index (χ3n) is 6.14. The van der Waals surface area contributed by atoms with E-state index in [4.69, 9.17) is 15.3 Å². The van der Waals surface area contributed by atoms with Gasteiger partial charge in [-0.2, -0.15) is 10.5 Å². The Kier molecular flexibility index (Phi) is 10.5. The Balaban J connectivity index is 2.07. The van der Waals surface area contributed by atoms with Crippen molar-refractivity contribution in [3.63, 3.8) is 0 Å². The van der Waals surface area contributed by atoms with Crippen LogP contribution in [0.3, 0.4) is 0 Å². The second kappa shape index (κ2) is 13.2. The van der Waals surface area contributed by atoms with Crippen molar-refractivity contribution in [3.05, 3.63) is 0 Å². The van der Waals surface area contributed by atoms with Gasteiger partial charge in [-0.1, -0.05) is 64.2 Å². The molecule has 2 saturated carbocycles. The highest BCUT2D eigenvalue weighted by atomic mass is 16.5. The van der Waals surface area contributed by atoms with Crippen molar-refractivity contribution in [3.8, 4) is 12.1 Å². The number of hydrogen-bond donors (Lipinski definition) is 2. The Morgan fingerprint density at radius 3 is 1.48 bits per heavy atom. The van der Waals surface area contributed by atoms with Crippen molar-refractivity contribution in [2.45, 2.75) is 89.3 Å². The van der Waals surface area contributed by atoms with Crippen LogP contribution in [0.1, 0.15) is 77.0 Å². The van der Waals surface area contributed by atoms with Gasteiger partial charge < -0.3 is 15.4 Å². The van der Waals surface area contributed by atoms with E-state index in [2.05, 4.69) is 10.6 Å². The first-order valence-electron chi connectivity index (χ1n) is 11.1. The van der Waals surface area contributed by atoms with Gasteiger partial charge in [0, 0.05) is 0 Å². The van der Waals surface area contributed by atoms with Crippen molar-refractivity contribution in [2.24, 2.45) is 11.8 Å². The lowest BCUT2D eigenvalue weighted by molar-refractivity contribution is -0.149. The van der Waals surface area contributed by atoms with Crippen LogP contribution in [0.4, 0.5) is 0 Å². The quantitative estimate of drug-likeness (QED) is 0.545. The molecule has 160 valence electrons. The van der Waals surface area contributed by atoms with Crippen LogP contribution in [0.2, 0.25) is 0 Å². The molecule has 0 aromatic heterocycles. The summed E-state index contributed by atoms with van der Waals surface area (Å²) in [6.07, 6.45) is 11.0. The summed E-state index contributed by atoms with van der Waals surface area (Å²) in [4.78, 5) is 25.3. The van der Waals surface area contributed by atoms with Crippen molar-refractivity contribution in [1.82, 2.24) is 10.6 Å². The fourth-order valence-corrected chi connectivity index (χ4v) is 4.58. The molecule has 0 aromatic carbocycles. The van der Waals surface area contributed by atoms with E-state index >= 15 is 0 Å². The SMILES string of the molecule is N#CCNC(=O)[C@H](CC1CCCCC1)O[C@@H](CC1CCCCC1)C(=O)NCC#N. The molecule has 7 heteroatoms. The predicted octanol–water partition coefficient (Wildman–Crippen LogP) is 2.96. The second-order valence-electron chi connectivity index (χ2n) is 8.34. The molecule has 0 heterocycles. The van der Waals surface area contributed by atoms with Gasteiger partial charge >= 0.3 is 0 Å². The van der Waals surface area contributed by atoms with E-state index < -0.39 is 12.2 Å². The van der Waals surface area contributed by atoms with Crippen LogP contribution in [-0.4, -0.2) is 37.1 Å². The summed E-state index contributed by atoms with van der Waals surface area (Å²) in [5, 5.41) is 22.8. The number of amides is 2. The van der Waals surface area contributed by atoms with Crippen molar-refractivity contribution in [2.75, 3.05) is 13.1 Å². The van der Waals surface area contributed by atoms with Gasteiger partial charge in [0.2, 0.25) is 11.8 Å². The minimum absolute atomic E-state index is 0.0721. The van der Waals surface area contributed by atoms with Gasteiger partial charge in [-0.25, -0.2) is 0 Å². The standard InChI is InChI=1S/C22H34N4O3/c23-11-13-25-21(27)19(15-17-7-3-1-4-8-17)29-20(22(28)26-14-12-24)16-18-9-5-2-6-10-18/h17-20H,1-10,13-16H2,(H,25,27)(H,26,28)/t19-,20-/m0/s1. The van der Waals surface area contributed by atoms with E-state index in [1.165, 1.54) is 12.8 Å². The van der Waals surface area contributed by atoms with E-state index in [-0.39, 0.29) is 24.9 Å². The maximum Gasteiger partial charge on any atom is 0.250 e. The van der Waals surface area contributed by atoms with Gasteiger partial charge in [0.05, 0.1) is 12.1 Å². The minimum Gasteiger partial charge on any atom is -0.355 e. The normalized spacial score (nSPS) is 20.1. The number of rotatable bonds is 10. The molecule has 0 bridgehead atoms.